The summed E-state index contributed by atoms with van der Waals surface area (Å²) >= 11 is 6.06. The van der Waals surface area contributed by atoms with Gasteiger partial charge in [0, 0.05) is 11.3 Å². The minimum Gasteiger partial charge on any atom is -0.330 e. The number of rotatable bonds is 4. The molecule has 16 heavy (non-hydrogen) atoms. The molecule has 0 heterocycles. The largest absolute Gasteiger partial charge is 0.330 e. The highest BCUT2D eigenvalue weighted by atomic mass is 35.5. The molecule has 0 radical (unpaired) electrons. The summed E-state index contributed by atoms with van der Waals surface area (Å²) in [6.07, 6.45) is 1.91. The molecule has 0 aliphatic rings. The summed E-state index contributed by atoms with van der Waals surface area (Å²) in [4.78, 5) is 0.306. The Morgan fingerprint density at radius 2 is 2.06 bits per heavy atom. The van der Waals surface area contributed by atoms with Crippen molar-refractivity contribution in [3.63, 3.8) is 0 Å². The van der Waals surface area contributed by atoms with Gasteiger partial charge >= 0.3 is 0 Å². The predicted molar refractivity (Wildman–Crippen MR) is 66.6 cm³/mol. The lowest BCUT2D eigenvalue weighted by atomic mass is 9.98. The van der Waals surface area contributed by atoms with Crippen molar-refractivity contribution < 1.29 is 8.42 Å². The quantitative estimate of drug-likeness (QED) is 0.904. The van der Waals surface area contributed by atoms with E-state index < -0.39 is 9.84 Å². The molecule has 1 rings (SSSR count). The fourth-order valence-corrected chi connectivity index (χ4v) is 3.17. The third kappa shape index (κ3) is 2.97. The Bertz CT molecular complexity index is 471. The van der Waals surface area contributed by atoms with Crippen LogP contribution in [-0.2, 0) is 9.84 Å². The SMILES string of the molecule is CC(CCN)c1c(Cl)cccc1S(C)(=O)=O. The van der Waals surface area contributed by atoms with E-state index in [2.05, 4.69) is 0 Å². The smallest absolute Gasteiger partial charge is 0.175 e. The summed E-state index contributed by atoms with van der Waals surface area (Å²) in [5.74, 6) is 0.0448. The molecule has 0 aromatic heterocycles. The molecular formula is C11H16ClNO2S. The van der Waals surface area contributed by atoms with Crippen LogP contribution in [0.2, 0.25) is 5.02 Å². The van der Waals surface area contributed by atoms with Crippen LogP contribution >= 0.6 is 11.6 Å². The van der Waals surface area contributed by atoms with Crippen molar-refractivity contribution in [3.05, 3.63) is 28.8 Å². The number of nitrogens with two attached hydrogens (primary N) is 1. The molecule has 0 fully saturated rings. The molecule has 90 valence electrons. The van der Waals surface area contributed by atoms with Crippen molar-refractivity contribution in [1.29, 1.82) is 0 Å². The Morgan fingerprint density at radius 1 is 1.44 bits per heavy atom. The van der Waals surface area contributed by atoms with Crippen LogP contribution in [0.15, 0.2) is 23.1 Å². The summed E-state index contributed by atoms with van der Waals surface area (Å²) < 4.78 is 23.2. The predicted octanol–water partition coefficient (Wildman–Crippen LogP) is 2.20. The van der Waals surface area contributed by atoms with Crippen LogP contribution in [0.25, 0.3) is 0 Å². The number of hydrogen-bond acceptors (Lipinski definition) is 3. The van der Waals surface area contributed by atoms with Crippen molar-refractivity contribution in [2.45, 2.75) is 24.2 Å². The third-order valence-corrected chi connectivity index (χ3v) is 3.99. The van der Waals surface area contributed by atoms with Crippen LogP contribution in [-0.4, -0.2) is 21.2 Å². The Balaban J connectivity index is 3.35. The lowest BCUT2D eigenvalue weighted by molar-refractivity contribution is 0.596. The van der Waals surface area contributed by atoms with E-state index in [0.29, 0.717) is 28.4 Å². The highest BCUT2D eigenvalue weighted by molar-refractivity contribution is 7.90. The molecule has 1 aromatic carbocycles. The minimum atomic E-state index is -3.24. The van der Waals surface area contributed by atoms with Crippen LogP contribution < -0.4 is 5.73 Å². The number of halogens is 1. The Labute approximate surface area is 102 Å². The highest BCUT2D eigenvalue weighted by Crippen LogP contribution is 2.32. The summed E-state index contributed by atoms with van der Waals surface area (Å²) in [6, 6.07) is 4.94. The average Bonchev–Trinajstić information content (AvgIpc) is 2.16. The Morgan fingerprint density at radius 3 is 2.56 bits per heavy atom. The van der Waals surface area contributed by atoms with Gasteiger partial charge in [-0.05, 0) is 36.6 Å². The number of benzene rings is 1. The molecule has 3 nitrogen and oxygen atoms in total. The maximum atomic E-state index is 11.6. The van der Waals surface area contributed by atoms with Crippen LogP contribution in [0.3, 0.4) is 0 Å². The monoisotopic (exact) mass is 261 g/mol. The van der Waals surface area contributed by atoms with Crippen LogP contribution in [0, 0.1) is 0 Å². The molecule has 0 aliphatic carbocycles. The number of sulfone groups is 1. The van der Waals surface area contributed by atoms with E-state index in [1.54, 1.807) is 18.2 Å². The number of hydrogen-bond donors (Lipinski definition) is 1. The first-order chi connectivity index (χ1) is 7.38. The zero-order chi connectivity index (χ0) is 12.3. The molecular weight excluding hydrogens is 246 g/mol. The Kier molecular flexibility index (Phi) is 4.35. The van der Waals surface area contributed by atoms with Gasteiger partial charge in [-0.2, -0.15) is 0 Å². The molecule has 0 aliphatic heterocycles. The van der Waals surface area contributed by atoms with Crippen molar-refractivity contribution in [3.8, 4) is 0 Å². The van der Waals surface area contributed by atoms with E-state index in [1.807, 2.05) is 6.92 Å². The van der Waals surface area contributed by atoms with Crippen LogP contribution in [0.4, 0.5) is 0 Å². The van der Waals surface area contributed by atoms with Gasteiger partial charge < -0.3 is 5.73 Å². The van der Waals surface area contributed by atoms with E-state index >= 15 is 0 Å². The van der Waals surface area contributed by atoms with E-state index in [1.165, 1.54) is 6.26 Å². The maximum Gasteiger partial charge on any atom is 0.175 e. The minimum absolute atomic E-state index is 0.0448. The highest BCUT2D eigenvalue weighted by Gasteiger charge is 2.19. The maximum absolute atomic E-state index is 11.6. The van der Waals surface area contributed by atoms with Crippen molar-refractivity contribution >= 4 is 21.4 Å². The van der Waals surface area contributed by atoms with Gasteiger partial charge in [0.2, 0.25) is 0 Å². The molecule has 1 aromatic rings. The van der Waals surface area contributed by atoms with E-state index in [9.17, 15) is 8.42 Å². The molecule has 2 N–H and O–H groups in total. The van der Waals surface area contributed by atoms with Gasteiger partial charge in [-0.15, -0.1) is 0 Å². The Hall–Kier alpha value is -0.580. The van der Waals surface area contributed by atoms with Crippen molar-refractivity contribution in [2.75, 3.05) is 12.8 Å². The van der Waals surface area contributed by atoms with Gasteiger partial charge in [0.1, 0.15) is 0 Å². The fraction of sp³-hybridized carbons (Fsp3) is 0.455. The topological polar surface area (TPSA) is 60.2 Å². The van der Waals surface area contributed by atoms with Gasteiger partial charge in [-0.25, -0.2) is 8.42 Å². The molecule has 0 amide bonds. The standard InChI is InChI=1S/C11H16ClNO2S/c1-8(6-7-13)11-9(12)4-3-5-10(11)16(2,14)15/h3-5,8H,6-7,13H2,1-2H3. The first-order valence-corrected chi connectivity index (χ1v) is 7.33. The van der Waals surface area contributed by atoms with Gasteiger partial charge in [-0.1, -0.05) is 24.6 Å². The van der Waals surface area contributed by atoms with E-state index in [-0.39, 0.29) is 5.92 Å². The fourth-order valence-electron chi connectivity index (χ4n) is 1.71. The van der Waals surface area contributed by atoms with Gasteiger partial charge in [0.05, 0.1) is 4.90 Å². The van der Waals surface area contributed by atoms with E-state index in [0.717, 1.165) is 0 Å². The second-order valence-electron chi connectivity index (χ2n) is 3.90. The molecule has 0 bridgehead atoms. The molecule has 1 unspecified atom stereocenters. The van der Waals surface area contributed by atoms with Gasteiger partial charge in [0.25, 0.3) is 0 Å². The second-order valence-corrected chi connectivity index (χ2v) is 6.29. The molecule has 0 saturated heterocycles. The van der Waals surface area contributed by atoms with Gasteiger partial charge in [0.15, 0.2) is 9.84 Å². The summed E-state index contributed by atoms with van der Waals surface area (Å²) in [5, 5.41) is 0.490. The van der Waals surface area contributed by atoms with Gasteiger partial charge in [-0.3, -0.25) is 0 Å². The zero-order valence-corrected chi connectivity index (χ0v) is 11.0. The lowest BCUT2D eigenvalue weighted by Gasteiger charge is -2.16. The first-order valence-electron chi connectivity index (χ1n) is 5.06. The third-order valence-electron chi connectivity index (χ3n) is 2.50. The summed E-state index contributed by atoms with van der Waals surface area (Å²) in [7, 11) is -3.24. The summed E-state index contributed by atoms with van der Waals surface area (Å²) in [6.45, 7) is 2.44. The normalized spacial score (nSPS) is 13.8. The second kappa shape index (κ2) is 5.17. The first kappa shape index (κ1) is 13.5. The average molecular weight is 262 g/mol. The molecule has 0 spiro atoms. The molecule has 5 heteroatoms. The van der Waals surface area contributed by atoms with Crippen molar-refractivity contribution in [1.82, 2.24) is 0 Å². The van der Waals surface area contributed by atoms with E-state index in [4.69, 9.17) is 17.3 Å². The summed E-state index contributed by atoms with van der Waals surface area (Å²) in [5.41, 5.74) is 6.16. The molecule has 0 saturated carbocycles. The molecule has 1 atom stereocenters. The van der Waals surface area contributed by atoms with Crippen LogP contribution in [0.1, 0.15) is 24.8 Å². The van der Waals surface area contributed by atoms with Crippen molar-refractivity contribution in [2.24, 2.45) is 5.73 Å². The lowest BCUT2D eigenvalue weighted by Crippen LogP contribution is -2.10. The van der Waals surface area contributed by atoms with Crippen LogP contribution in [0.5, 0.6) is 0 Å². The zero-order valence-electron chi connectivity index (χ0n) is 9.40.